The first-order chi connectivity index (χ1) is 11.1. The summed E-state index contributed by atoms with van der Waals surface area (Å²) >= 11 is 3.33. The molecule has 0 atom stereocenters. The smallest absolute Gasteiger partial charge is 0.337 e. The minimum Gasteiger partial charge on any atom is -0.484 e. The lowest BCUT2D eigenvalue weighted by Gasteiger charge is -2.08. The maximum absolute atomic E-state index is 11.8. The summed E-state index contributed by atoms with van der Waals surface area (Å²) in [5.74, 6) is 0.0271. The normalized spacial score (nSPS) is 10.0. The maximum atomic E-state index is 11.8. The van der Waals surface area contributed by atoms with Gasteiger partial charge in [0.25, 0.3) is 5.91 Å². The van der Waals surface area contributed by atoms with E-state index in [0.717, 1.165) is 10.0 Å². The summed E-state index contributed by atoms with van der Waals surface area (Å²) in [6, 6.07) is 14.1. The highest BCUT2D eigenvalue weighted by molar-refractivity contribution is 9.10. The number of hydrogen-bond donors (Lipinski definition) is 1. The minimum atomic E-state index is -0.386. The molecule has 120 valence electrons. The molecule has 0 radical (unpaired) electrons. The van der Waals surface area contributed by atoms with Crippen molar-refractivity contribution in [2.75, 3.05) is 13.7 Å². The molecule has 0 fully saturated rings. The predicted octanol–water partition coefficient (Wildman–Crippen LogP) is 2.93. The second-order valence-corrected chi connectivity index (χ2v) is 5.62. The van der Waals surface area contributed by atoms with Gasteiger partial charge in [-0.2, -0.15) is 0 Å². The van der Waals surface area contributed by atoms with Crippen LogP contribution in [0.25, 0.3) is 0 Å². The van der Waals surface area contributed by atoms with Crippen LogP contribution < -0.4 is 10.1 Å². The zero-order valence-corrected chi connectivity index (χ0v) is 14.1. The fourth-order valence-electron chi connectivity index (χ4n) is 1.81. The van der Waals surface area contributed by atoms with Gasteiger partial charge in [0.15, 0.2) is 6.61 Å². The summed E-state index contributed by atoms with van der Waals surface area (Å²) in [6.07, 6.45) is 0. The summed E-state index contributed by atoms with van der Waals surface area (Å²) in [5.41, 5.74) is 1.36. The van der Waals surface area contributed by atoms with E-state index in [1.54, 1.807) is 36.4 Å². The molecule has 2 aromatic rings. The van der Waals surface area contributed by atoms with Gasteiger partial charge in [0.05, 0.1) is 12.7 Å². The van der Waals surface area contributed by atoms with E-state index < -0.39 is 0 Å². The molecule has 0 saturated heterocycles. The Labute approximate surface area is 142 Å². The van der Waals surface area contributed by atoms with Gasteiger partial charge in [-0.25, -0.2) is 4.79 Å². The first kappa shape index (κ1) is 17.0. The first-order valence-electron chi connectivity index (χ1n) is 6.91. The van der Waals surface area contributed by atoms with Crippen LogP contribution in [0.15, 0.2) is 53.0 Å². The summed E-state index contributed by atoms with van der Waals surface area (Å²) in [4.78, 5) is 23.1. The number of nitrogens with one attached hydrogen (secondary N) is 1. The molecule has 0 heterocycles. The van der Waals surface area contributed by atoms with E-state index in [-0.39, 0.29) is 18.5 Å². The van der Waals surface area contributed by atoms with Crippen molar-refractivity contribution in [2.24, 2.45) is 0 Å². The van der Waals surface area contributed by atoms with E-state index in [4.69, 9.17) is 4.74 Å². The summed E-state index contributed by atoms with van der Waals surface area (Å²) in [6.45, 7) is 0.311. The highest BCUT2D eigenvalue weighted by Crippen LogP contribution is 2.15. The number of benzene rings is 2. The Morgan fingerprint density at radius 1 is 1.04 bits per heavy atom. The molecule has 1 N–H and O–H groups in total. The third kappa shape index (κ3) is 5.41. The minimum absolute atomic E-state index is 0.0537. The Balaban J connectivity index is 1.77. The van der Waals surface area contributed by atoms with Gasteiger partial charge in [-0.3, -0.25) is 4.79 Å². The van der Waals surface area contributed by atoms with E-state index in [1.165, 1.54) is 7.11 Å². The molecule has 0 aliphatic heterocycles. The average molecular weight is 378 g/mol. The van der Waals surface area contributed by atoms with E-state index in [1.807, 2.05) is 12.1 Å². The van der Waals surface area contributed by atoms with Crippen LogP contribution in [0.4, 0.5) is 0 Å². The molecular formula is C17H16BrNO4. The van der Waals surface area contributed by atoms with Crippen LogP contribution in [0.1, 0.15) is 15.9 Å². The number of esters is 1. The molecule has 2 aromatic carbocycles. The molecule has 0 spiro atoms. The van der Waals surface area contributed by atoms with Crippen LogP contribution in [0, 0.1) is 0 Å². The van der Waals surface area contributed by atoms with Gasteiger partial charge in [0.2, 0.25) is 0 Å². The molecule has 0 aliphatic carbocycles. The third-order valence-electron chi connectivity index (χ3n) is 3.05. The van der Waals surface area contributed by atoms with Gasteiger partial charge < -0.3 is 14.8 Å². The van der Waals surface area contributed by atoms with Crippen molar-refractivity contribution in [3.05, 3.63) is 64.1 Å². The highest BCUT2D eigenvalue weighted by atomic mass is 79.9. The van der Waals surface area contributed by atoms with E-state index in [9.17, 15) is 9.59 Å². The molecule has 0 aliphatic rings. The van der Waals surface area contributed by atoms with Gasteiger partial charge in [-0.15, -0.1) is 0 Å². The van der Waals surface area contributed by atoms with Crippen molar-refractivity contribution in [3.8, 4) is 5.75 Å². The number of rotatable bonds is 6. The van der Waals surface area contributed by atoms with Crippen molar-refractivity contribution in [1.29, 1.82) is 0 Å². The van der Waals surface area contributed by atoms with Crippen LogP contribution in [0.3, 0.4) is 0 Å². The van der Waals surface area contributed by atoms with Crippen LogP contribution in [0.5, 0.6) is 5.75 Å². The second kappa shape index (κ2) is 8.33. The summed E-state index contributed by atoms with van der Waals surface area (Å²) < 4.78 is 11.0. The lowest BCUT2D eigenvalue weighted by molar-refractivity contribution is -0.123. The molecule has 2 rings (SSSR count). The van der Waals surface area contributed by atoms with E-state index in [2.05, 4.69) is 26.0 Å². The number of carbonyl (C=O) groups excluding carboxylic acids is 2. The average Bonchev–Trinajstić information content (AvgIpc) is 2.59. The lowest BCUT2D eigenvalue weighted by Crippen LogP contribution is -2.28. The Kier molecular flexibility index (Phi) is 6.17. The zero-order chi connectivity index (χ0) is 16.7. The lowest BCUT2D eigenvalue weighted by atomic mass is 10.1. The number of hydrogen-bond acceptors (Lipinski definition) is 4. The quantitative estimate of drug-likeness (QED) is 0.786. The number of amides is 1. The topological polar surface area (TPSA) is 64.6 Å². The Bertz CT molecular complexity index is 668. The first-order valence-corrected chi connectivity index (χ1v) is 7.70. The van der Waals surface area contributed by atoms with Gasteiger partial charge in [-0.1, -0.05) is 28.1 Å². The molecule has 6 heteroatoms. The fraction of sp³-hybridized carbons (Fsp3) is 0.176. The number of methoxy groups -OCH3 is 1. The second-order valence-electron chi connectivity index (χ2n) is 4.71. The standard InChI is InChI=1S/C17H16BrNO4/c1-22-17(21)13-4-2-12(3-5-13)10-19-16(20)11-23-15-8-6-14(18)7-9-15/h2-9H,10-11H2,1H3,(H,19,20). The van der Waals surface area contributed by atoms with Crippen LogP contribution in [0.2, 0.25) is 0 Å². The van der Waals surface area contributed by atoms with Gasteiger partial charge in [0.1, 0.15) is 5.75 Å². The Morgan fingerprint density at radius 2 is 1.70 bits per heavy atom. The van der Waals surface area contributed by atoms with Crippen molar-refractivity contribution in [2.45, 2.75) is 6.54 Å². The molecular weight excluding hydrogens is 362 g/mol. The van der Waals surface area contributed by atoms with Crippen molar-refractivity contribution in [3.63, 3.8) is 0 Å². The molecule has 0 bridgehead atoms. The third-order valence-corrected chi connectivity index (χ3v) is 3.58. The Hall–Kier alpha value is -2.34. The highest BCUT2D eigenvalue weighted by Gasteiger charge is 2.06. The zero-order valence-electron chi connectivity index (χ0n) is 12.5. The van der Waals surface area contributed by atoms with Crippen molar-refractivity contribution in [1.82, 2.24) is 5.32 Å². The number of halogens is 1. The number of ether oxygens (including phenoxy) is 2. The van der Waals surface area contributed by atoms with Crippen LogP contribution >= 0.6 is 15.9 Å². The molecule has 0 saturated carbocycles. The summed E-state index contributed by atoms with van der Waals surface area (Å²) in [5, 5.41) is 2.75. The summed E-state index contributed by atoms with van der Waals surface area (Å²) in [7, 11) is 1.34. The molecule has 1 amide bonds. The van der Waals surface area contributed by atoms with Crippen LogP contribution in [-0.4, -0.2) is 25.6 Å². The van der Waals surface area contributed by atoms with Crippen molar-refractivity contribution < 1.29 is 19.1 Å². The maximum Gasteiger partial charge on any atom is 0.337 e. The molecule has 5 nitrogen and oxygen atoms in total. The monoisotopic (exact) mass is 377 g/mol. The fourth-order valence-corrected chi connectivity index (χ4v) is 2.07. The predicted molar refractivity (Wildman–Crippen MR) is 89.3 cm³/mol. The number of carbonyl (C=O) groups is 2. The van der Waals surface area contributed by atoms with Gasteiger partial charge in [-0.05, 0) is 42.0 Å². The molecule has 23 heavy (non-hydrogen) atoms. The van der Waals surface area contributed by atoms with Crippen molar-refractivity contribution >= 4 is 27.8 Å². The largest absolute Gasteiger partial charge is 0.484 e. The van der Waals surface area contributed by atoms with E-state index in [0.29, 0.717) is 17.9 Å². The SMILES string of the molecule is COC(=O)c1ccc(CNC(=O)COc2ccc(Br)cc2)cc1. The van der Waals surface area contributed by atoms with E-state index >= 15 is 0 Å². The van der Waals surface area contributed by atoms with Crippen LogP contribution in [-0.2, 0) is 16.1 Å². The molecule has 0 aromatic heterocycles. The van der Waals surface area contributed by atoms with Gasteiger partial charge in [0, 0.05) is 11.0 Å². The molecule has 0 unspecified atom stereocenters. The Morgan fingerprint density at radius 3 is 2.30 bits per heavy atom. The van der Waals surface area contributed by atoms with Gasteiger partial charge >= 0.3 is 5.97 Å².